The number of aliphatic hydroxyl groups excluding tert-OH is 2. The predicted molar refractivity (Wildman–Crippen MR) is 106 cm³/mol. The molecule has 0 saturated carbocycles. The fourth-order valence-corrected chi connectivity index (χ4v) is 3.24. The summed E-state index contributed by atoms with van der Waals surface area (Å²) in [5.41, 5.74) is 1.29. The van der Waals surface area contributed by atoms with Gasteiger partial charge in [0.1, 0.15) is 0 Å². The van der Waals surface area contributed by atoms with Crippen LogP contribution in [0.2, 0.25) is 5.02 Å². The normalized spacial score (nSPS) is 16.5. The summed E-state index contributed by atoms with van der Waals surface area (Å²) < 4.78 is 7.52. The molecule has 0 aliphatic carbocycles. The summed E-state index contributed by atoms with van der Waals surface area (Å²) in [6, 6.07) is 7.68. The summed E-state index contributed by atoms with van der Waals surface area (Å²) in [5.74, 6) is 0.0275. The number of hydrogen-bond acceptors (Lipinski definition) is 6. The third-order valence-electron chi connectivity index (χ3n) is 4.58. The van der Waals surface area contributed by atoms with E-state index in [-0.39, 0.29) is 19.1 Å². The number of benzene rings is 1. The van der Waals surface area contributed by atoms with Crippen LogP contribution in [0.1, 0.15) is 35.8 Å². The van der Waals surface area contributed by atoms with Crippen LogP contribution in [0.15, 0.2) is 24.3 Å². The second kappa shape index (κ2) is 8.81. The first-order valence-electron chi connectivity index (χ1n) is 9.28. The molecule has 0 spiro atoms. The third kappa shape index (κ3) is 3.94. The summed E-state index contributed by atoms with van der Waals surface area (Å²) in [5, 5.41) is 20.3. The number of fused-ring (bicyclic) bond motifs is 1. The minimum atomic E-state index is -1.15. The second-order valence-electron chi connectivity index (χ2n) is 6.66. The van der Waals surface area contributed by atoms with Crippen molar-refractivity contribution in [2.75, 3.05) is 31.7 Å². The van der Waals surface area contributed by atoms with Gasteiger partial charge in [0.25, 0.3) is 11.9 Å². The van der Waals surface area contributed by atoms with Crippen molar-refractivity contribution < 1.29 is 19.7 Å². The van der Waals surface area contributed by atoms with Crippen LogP contribution in [-0.4, -0.2) is 63.7 Å². The maximum absolute atomic E-state index is 13.2. The van der Waals surface area contributed by atoms with Crippen molar-refractivity contribution in [1.29, 1.82) is 0 Å². The molecule has 1 aromatic heterocycles. The quantitative estimate of drug-likeness (QED) is 0.693. The first kappa shape index (κ1) is 20.4. The number of rotatable bonds is 8. The van der Waals surface area contributed by atoms with Gasteiger partial charge in [-0.2, -0.15) is 4.98 Å². The Kier molecular flexibility index (Phi) is 6.43. The monoisotopic (exact) mass is 408 g/mol. The van der Waals surface area contributed by atoms with Crippen LogP contribution in [0, 0.1) is 0 Å². The molecule has 0 bridgehead atoms. The number of anilines is 1. The fourth-order valence-electron chi connectivity index (χ4n) is 3.12. The zero-order valence-electron chi connectivity index (χ0n) is 16.0. The van der Waals surface area contributed by atoms with Crippen LogP contribution in [-0.2, 0) is 6.54 Å². The third-order valence-corrected chi connectivity index (χ3v) is 4.84. The maximum Gasteiger partial charge on any atom is 0.299 e. The molecule has 1 amide bonds. The molecule has 2 heterocycles. The lowest BCUT2D eigenvalue weighted by molar-refractivity contribution is 0.00112. The minimum absolute atomic E-state index is 0.0675. The molecule has 8 nitrogen and oxygen atoms in total. The molecule has 1 aliphatic heterocycles. The van der Waals surface area contributed by atoms with Crippen molar-refractivity contribution >= 4 is 23.3 Å². The van der Waals surface area contributed by atoms with Crippen molar-refractivity contribution in [2.45, 2.75) is 32.7 Å². The SMILES string of the molecule is CCCOc1nc2c(n1Cc1ccc(Cl)cc1)C(=O)N(CCCO)C(O)N2C. The number of carbonyl (C=O) groups excluding carboxylic acids is 1. The number of aliphatic hydroxyl groups is 2. The Labute approximate surface area is 168 Å². The minimum Gasteiger partial charge on any atom is -0.465 e. The number of amides is 1. The number of halogens is 1. The number of hydrogen-bond donors (Lipinski definition) is 2. The topological polar surface area (TPSA) is 91.1 Å². The van der Waals surface area contributed by atoms with E-state index >= 15 is 0 Å². The molecule has 0 saturated heterocycles. The highest BCUT2D eigenvalue weighted by Gasteiger charge is 2.40. The predicted octanol–water partition coefficient (Wildman–Crippen LogP) is 1.92. The lowest BCUT2D eigenvalue weighted by Gasteiger charge is -2.38. The van der Waals surface area contributed by atoms with E-state index in [0.717, 1.165) is 12.0 Å². The summed E-state index contributed by atoms with van der Waals surface area (Å²) >= 11 is 5.98. The van der Waals surface area contributed by atoms with Gasteiger partial charge in [-0.05, 0) is 30.5 Å². The number of imidazole rings is 1. The highest BCUT2D eigenvalue weighted by Crippen LogP contribution is 2.33. The lowest BCUT2D eigenvalue weighted by atomic mass is 10.2. The Morgan fingerprint density at radius 2 is 2.00 bits per heavy atom. The zero-order chi connectivity index (χ0) is 20.3. The molecule has 1 atom stereocenters. The van der Waals surface area contributed by atoms with Crippen LogP contribution in [0.25, 0.3) is 0 Å². The van der Waals surface area contributed by atoms with Crippen molar-refractivity contribution in [1.82, 2.24) is 14.5 Å². The van der Waals surface area contributed by atoms with Crippen LogP contribution >= 0.6 is 11.6 Å². The van der Waals surface area contributed by atoms with Crippen molar-refractivity contribution in [3.8, 4) is 6.01 Å². The van der Waals surface area contributed by atoms with E-state index in [0.29, 0.717) is 42.1 Å². The Bertz CT molecular complexity index is 824. The Balaban J connectivity index is 2.03. The largest absolute Gasteiger partial charge is 0.465 e. The van der Waals surface area contributed by atoms with Gasteiger partial charge in [0.2, 0.25) is 6.35 Å². The van der Waals surface area contributed by atoms with Gasteiger partial charge in [-0.1, -0.05) is 30.7 Å². The summed E-state index contributed by atoms with van der Waals surface area (Å²) in [6.45, 7) is 3.00. The number of nitrogens with zero attached hydrogens (tertiary/aromatic N) is 4. The standard InChI is InChI=1S/C19H25ClN4O4/c1-3-11-28-18-21-16-15(24(18)12-13-5-7-14(20)8-6-13)17(26)23(9-4-10-25)19(27)22(16)2/h5-8,19,25,27H,3-4,9-12H2,1-2H3. The van der Waals surface area contributed by atoms with Crippen molar-refractivity contribution in [3.63, 3.8) is 0 Å². The molecule has 1 unspecified atom stereocenters. The lowest BCUT2D eigenvalue weighted by Crippen LogP contribution is -2.54. The molecule has 2 aromatic rings. The van der Waals surface area contributed by atoms with Gasteiger partial charge in [-0.3, -0.25) is 14.3 Å². The first-order valence-corrected chi connectivity index (χ1v) is 9.66. The van der Waals surface area contributed by atoms with Gasteiger partial charge in [-0.25, -0.2) is 0 Å². The van der Waals surface area contributed by atoms with Crippen molar-refractivity contribution in [3.05, 3.63) is 40.5 Å². The average molecular weight is 409 g/mol. The molecule has 28 heavy (non-hydrogen) atoms. The highest BCUT2D eigenvalue weighted by atomic mass is 35.5. The van der Waals surface area contributed by atoms with Crippen molar-refractivity contribution in [2.24, 2.45) is 0 Å². The molecular weight excluding hydrogens is 384 g/mol. The number of aromatic nitrogens is 2. The van der Waals surface area contributed by atoms with Gasteiger partial charge in [0.15, 0.2) is 11.5 Å². The highest BCUT2D eigenvalue weighted by molar-refractivity contribution is 6.30. The molecule has 2 N–H and O–H groups in total. The average Bonchev–Trinajstić information content (AvgIpc) is 3.05. The number of ether oxygens (including phenoxy) is 1. The van der Waals surface area contributed by atoms with E-state index in [2.05, 4.69) is 4.98 Å². The smallest absolute Gasteiger partial charge is 0.299 e. The summed E-state index contributed by atoms with van der Waals surface area (Å²) in [4.78, 5) is 20.5. The van der Waals surface area contributed by atoms with E-state index < -0.39 is 6.35 Å². The first-order chi connectivity index (χ1) is 13.5. The van der Waals surface area contributed by atoms with Crippen LogP contribution in [0.4, 0.5) is 5.82 Å². The molecule has 0 radical (unpaired) electrons. The molecule has 9 heteroatoms. The van der Waals surface area contributed by atoms with E-state index in [1.807, 2.05) is 19.1 Å². The van der Waals surface area contributed by atoms with Crippen LogP contribution < -0.4 is 9.64 Å². The maximum atomic E-state index is 13.2. The van der Waals surface area contributed by atoms with Gasteiger partial charge < -0.3 is 19.8 Å². The van der Waals surface area contributed by atoms with Gasteiger partial charge in [0, 0.05) is 25.2 Å². The Morgan fingerprint density at radius 3 is 2.64 bits per heavy atom. The molecule has 3 rings (SSSR count). The van der Waals surface area contributed by atoms with E-state index in [1.165, 1.54) is 9.80 Å². The molecule has 0 fully saturated rings. The Morgan fingerprint density at radius 1 is 1.29 bits per heavy atom. The fraction of sp³-hybridized carbons (Fsp3) is 0.474. The molecule has 152 valence electrons. The molecule has 1 aromatic carbocycles. The van der Waals surface area contributed by atoms with Crippen LogP contribution in [0.3, 0.4) is 0 Å². The zero-order valence-corrected chi connectivity index (χ0v) is 16.8. The molecule has 1 aliphatic rings. The van der Waals surface area contributed by atoms with Crippen LogP contribution in [0.5, 0.6) is 6.01 Å². The van der Waals surface area contributed by atoms with Gasteiger partial charge in [-0.15, -0.1) is 0 Å². The van der Waals surface area contributed by atoms with E-state index in [4.69, 9.17) is 21.4 Å². The van der Waals surface area contributed by atoms with E-state index in [1.54, 1.807) is 23.7 Å². The second-order valence-corrected chi connectivity index (χ2v) is 7.10. The van der Waals surface area contributed by atoms with Gasteiger partial charge >= 0.3 is 0 Å². The summed E-state index contributed by atoms with van der Waals surface area (Å²) in [6.07, 6.45) is 0.0220. The number of carbonyl (C=O) groups is 1. The summed E-state index contributed by atoms with van der Waals surface area (Å²) in [7, 11) is 1.67. The van der Waals surface area contributed by atoms with Gasteiger partial charge in [0.05, 0.1) is 13.2 Å². The van der Waals surface area contributed by atoms with E-state index in [9.17, 15) is 9.90 Å². The Hall–Kier alpha value is -2.29. The molecular formula is C19H25ClN4O4.